The first-order valence-electron chi connectivity index (χ1n) is 12.3. The van der Waals surface area contributed by atoms with Crippen molar-refractivity contribution in [3.63, 3.8) is 0 Å². The predicted molar refractivity (Wildman–Crippen MR) is 142 cm³/mol. The zero-order valence-electron chi connectivity index (χ0n) is 21.4. The van der Waals surface area contributed by atoms with Crippen LogP contribution < -0.4 is 5.32 Å². The molecule has 5 aromatic rings. The van der Waals surface area contributed by atoms with E-state index in [4.69, 9.17) is 4.74 Å². The van der Waals surface area contributed by atoms with Crippen LogP contribution in [0.2, 0.25) is 0 Å². The molecule has 0 radical (unpaired) electrons. The molecule has 0 fully saturated rings. The van der Waals surface area contributed by atoms with Crippen LogP contribution in [0, 0.1) is 6.92 Å². The molecule has 202 valence electrons. The Bertz CT molecular complexity index is 1640. The quantitative estimate of drug-likeness (QED) is 0.278. The Morgan fingerprint density at radius 2 is 1.79 bits per heavy atom. The summed E-state index contributed by atoms with van der Waals surface area (Å²) in [5.41, 5.74) is -1.22. The van der Waals surface area contributed by atoms with Crippen LogP contribution in [-0.2, 0) is 21.7 Å². The molecule has 0 spiro atoms. The number of alkyl halides is 3. The molecule has 2 N–H and O–H groups in total. The van der Waals surface area contributed by atoms with E-state index in [0.29, 0.717) is 23.0 Å². The number of rotatable bonds is 8. The van der Waals surface area contributed by atoms with Crippen LogP contribution in [0.25, 0.3) is 27.5 Å². The number of carbonyl (C=O) groups is 1. The Morgan fingerprint density at radius 3 is 2.51 bits per heavy atom. The molecule has 2 aromatic heterocycles. The Labute approximate surface area is 222 Å². The summed E-state index contributed by atoms with van der Waals surface area (Å²) < 4.78 is 52.4. The molecule has 1 unspecified atom stereocenters. The van der Waals surface area contributed by atoms with Crippen LogP contribution in [0.3, 0.4) is 0 Å². The van der Waals surface area contributed by atoms with Gasteiger partial charge < -0.3 is 19.7 Å². The summed E-state index contributed by atoms with van der Waals surface area (Å²) in [6.07, 6.45) is -2.39. The molecule has 7 nitrogen and oxygen atoms in total. The molecule has 3 aromatic carbocycles. The molecule has 0 aliphatic carbocycles. The second kappa shape index (κ2) is 10.2. The molecule has 1 amide bonds. The van der Waals surface area contributed by atoms with Crippen molar-refractivity contribution < 1.29 is 27.8 Å². The molecule has 39 heavy (non-hydrogen) atoms. The zero-order chi connectivity index (χ0) is 27.8. The van der Waals surface area contributed by atoms with Gasteiger partial charge in [0.15, 0.2) is 0 Å². The van der Waals surface area contributed by atoms with Gasteiger partial charge >= 0.3 is 6.18 Å². The van der Waals surface area contributed by atoms with Crippen molar-refractivity contribution in [2.24, 2.45) is 0 Å². The van der Waals surface area contributed by atoms with Crippen molar-refractivity contribution in [2.75, 3.05) is 20.3 Å². The molecule has 5 rings (SSSR count). The number of aromatic nitrogens is 3. The maximum atomic E-state index is 14.8. The van der Waals surface area contributed by atoms with Gasteiger partial charge in [-0.15, -0.1) is 0 Å². The number of hydrogen-bond acceptors (Lipinski definition) is 4. The van der Waals surface area contributed by atoms with Crippen LogP contribution in [0.5, 0.6) is 0 Å². The van der Waals surface area contributed by atoms with E-state index in [1.807, 2.05) is 31.2 Å². The Kier molecular flexibility index (Phi) is 6.92. The third kappa shape index (κ3) is 4.77. The van der Waals surface area contributed by atoms with Crippen LogP contribution in [-0.4, -0.2) is 51.8 Å². The monoisotopic (exact) mass is 536 g/mol. The third-order valence-electron chi connectivity index (χ3n) is 6.80. The first-order chi connectivity index (χ1) is 18.6. The Balaban J connectivity index is 1.60. The van der Waals surface area contributed by atoms with Gasteiger partial charge in [0.05, 0.1) is 24.0 Å². The van der Waals surface area contributed by atoms with Crippen molar-refractivity contribution in [1.82, 2.24) is 19.7 Å². The first kappa shape index (κ1) is 26.5. The lowest BCUT2D eigenvalue weighted by Crippen LogP contribution is -2.43. The van der Waals surface area contributed by atoms with Crippen LogP contribution in [0.4, 0.5) is 13.2 Å². The Morgan fingerprint density at radius 1 is 1.05 bits per heavy atom. The smallest absolute Gasteiger partial charge is 0.383 e. The maximum absolute atomic E-state index is 14.8. The molecule has 10 heteroatoms. The van der Waals surface area contributed by atoms with E-state index in [-0.39, 0.29) is 35.5 Å². The van der Waals surface area contributed by atoms with E-state index in [0.717, 1.165) is 11.3 Å². The van der Waals surface area contributed by atoms with E-state index >= 15 is 0 Å². The lowest BCUT2D eigenvalue weighted by atomic mass is 9.85. The minimum atomic E-state index is -5.07. The molecule has 2 heterocycles. The highest BCUT2D eigenvalue weighted by Gasteiger charge is 2.57. The molecule has 0 bridgehead atoms. The normalized spacial score (nSPS) is 13.6. The summed E-state index contributed by atoms with van der Waals surface area (Å²) in [5, 5.41) is 19.2. The van der Waals surface area contributed by atoms with Gasteiger partial charge in [0.2, 0.25) is 11.5 Å². The van der Waals surface area contributed by atoms with Crippen molar-refractivity contribution in [3.05, 3.63) is 95.8 Å². The minimum absolute atomic E-state index is 0.192. The van der Waals surface area contributed by atoms with Crippen LogP contribution in [0.1, 0.15) is 16.7 Å². The van der Waals surface area contributed by atoms with E-state index in [1.165, 1.54) is 48.3 Å². The van der Waals surface area contributed by atoms with Gasteiger partial charge in [0.25, 0.3) is 0 Å². The number of aliphatic hydroxyl groups is 1. The fourth-order valence-electron chi connectivity index (χ4n) is 4.79. The number of para-hydroxylation sites is 1. The number of hydrogen-bond donors (Lipinski definition) is 2. The SMILES string of the molecule is COCCNC(=O)Cn1cc(C(O)(c2ccc3c(cnn3-c3ccc(C)cc3)c2)C(F)(F)F)c2ccccc21. The number of ether oxygens (including phenoxy) is 1. The summed E-state index contributed by atoms with van der Waals surface area (Å²) in [5.74, 6) is -0.389. The summed E-state index contributed by atoms with van der Waals surface area (Å²) in [4.78, 5) is 12.5. The zero-order valence-corrected chi connectivity index (χ0v) is 21.4. The number of amides is 1. The van der Waals surface area contributed by atoms with Gasteiger partial charge in [0.1, 0.15) is 6.54 Å². The van der Waals surface area contributed by atoms with Crippen molar-refractivity contribution in [2.45, 2.75) is 25.2 Å². The molecular formula is C29H27F3N4O3. The number of nitrogens with one attached hydrogen (secondary N) is 1. The second-order valence-electron chi connectivity index (χ2n) is 9.40. The fourth-order valence-corrected chi connectivity index (χ4v) is 4.79. The lowest BCUT2D eigenvalue weighted by molar-refractivity contribution is -0.247. The van der Waals surface area contributed by atoms with Crippen LogP contribution >= 0.6 is 0 Å². The van der Waals surface area contributed by atoms with E-state index in [9.17, 15) is 23.1 Å². The number of aryl methyl sites for hydroxylation is 1. The van der Waals surface area contributed by atoms with Gasteiger partial charge in [-0.1, -0.05) is 42.0 Å². The number of halogens is 3. The summed E-state index contributed by atoms with van der Waals surface area (Å²) in [7, 11) is 1.50. The summed E-state index contributed by atoms with van der Waals surface area (Å²) >= 11 is 0. The maximum Gasteiger partial charge on any atom is 0.425 e. The van der Waals surface area contributed by atoms with Crippen molar-refractivity contribution >= 4 is 27.7 Å². The van der Waals surface area contributed by atoms with Crippen LogP contribution in [0.15, 0.2) is 79.1 Å². The summed E-state index contributed by atoms with van der Waals surface area (Å²) in [6.45, 7) is 2.31. The molecule has 0 saturated heterocycles. The van der Waals surface area contributed by atoms with Gasteiger partial charge in [-0.25, -0.2) is 4.68 Å². The molecule has 0 saturated carbocycles. The van der Waals surface area contributed by atoms with Crippen molar-refractivity contribution in [3.8, 4) is 5.69 Å². The van der Waals surface area contributed by atoms with E-state index < -0.39 is 11.8 Å². The molecular weight excluding hydrogens is 509 g/mol. The van der Waals surface area contributed by atoms with Gasteiger partial charge in [-0.2, -0.15) is 18.3 Å². The minimum Gasteiger partial charge on any atom is -0.383 e. The standard InChI is InChI=1S/C29H27F3N4O3/c1-19-7-10-22(11-8-19)36-25-12-9-21(15-20(25)16-34-36)28(38,29(30,31)32)24-17-35(18-27(37)33-13-14-39-2)26-6-4-3-5-23(24)26/h3-12,15-17,38H,13-14,18H2,1-2H3,(H,33,37). The fraction of sp³-hybridized carbons (Fsp3) is 0.241. The van der Waals surface area contributed by atoms with Gasteiger partial charge in [-0.3, -0.25) is 4.79 Å². The number of carbonyl (C=O) groups excluding carboxylic acids is 1. The number of methoxy groups -OCH3 is 1. The number of benzene rings is 3. The topological polar surface area (TPSA) is 81.3 Å². The molecule has 0 aliphatic heterocycles. The average molecular weight is 537 g/mol. The second-order valence-corrected chi connectivity index (χ2v) is 9.40. The predicted octanol–water partition coefficient (Wildman–Crippen LogP) is 4.85. The van der Waals surface area contributed by atoms with E-state index in [2.05, 4.69) is 10.4 Å². The highest BCUT2D eigenvalue weighted by molar-refractivity contribution is 5.88. The first-order valence-corrected chi connectivity index (χ1v) is 12.3. The van der Waals surface area contributed by atoms with Gasteiger partial charge in [-0.05, 0) is 42.8 Å². The van der Waals surface area contributed by atoms with E-state index in [1.54, 1.807) is 22.9 Å². The Hall–Kier alpha value is -4.15. The lowest BCUT2D eigenvalue weighted by Gasteiger charge is -2.31. The highest BCUT2D eigenvalue weighted by Crippen LogP contribution is 2.47. The number of fused-ring (bicyclic) bond motifs is 2. The third-order valence-corrected chi connectivity index (χ3v) is 6.80. The van der Waals surface area contributed by atoms with Gasteiger partial charge in [0, 0.05) is 41.7 Å². The summed E-state index contributed by atoms with van der Waals surface area (Å²) in [6, 6.07) is 18.1. The molecule has 1 atom stereocenters. The number of nitrogens with zero attached hydrogens (tertiary/aromatic N) is 3. The average Bonchev–Trinajstić information content (AvgIpc) is 3.50. The highest BCUT2D eigenvalue weighted by atomic mass is 19.4. The van der Waals surface area contributed by atoms with Crippen molar-refractivity contribution in [1.29, 1.82) is 0 Å². The largest absolute Gasteiger partial charge is 0.425 e. The molecule has 0 aliphatic rings.